The third-order valence-corrected chi connectivity index (χ3v) is 5.45. The van der Waals surface area contributed by atoms with E-state index in [2.05, 4.69) is 27.3 Å². The molecule has 146 valence electrons. The number of aromatic nitrogens is 3. The lowest BCUT2D eigenvalue weighted by Crippen LogP contribution is -2.38. The number of nitrogens with zero attached hydrogens (tertiary/aromatic N) is 3. The number of carbonyl (C=O) groups excluding carboxylic acids is 1. The van der Waals surface area contributed by atoms with Crippen molar-refractivity contribution in [3.63, 3.8) is 0 Å². The second-order valence-electron chi connectivity index (χ2n) is 7.34. The van der Waals surface area contributed by atoms with Gasteiger partial charge in [0.15, 0.2) is 0 Å². The molecular formula is C21H25N5O2. The van der Waals surface area contributed by atoms with Crippen molar-refractivity contribution in [2.75, 3.05) is 18.8 Å². The molecule has 1 fully saturated rings. The number of amides is 1. The van der Waals surface area contributed by atoms with Gasteiger partial charge in [0.2, 0.25) is 11.9 Å². The van der Waals surface area contributed by atoms with Gasteiger partial charge in [0, 0.05) is 31.3 Å². The van der Waals surface area contributed by atoms with E-state index in [0.29, 0.717) is 6.42 Å². The maximum atomic E-state index is 13.0. The van der Waals surface area contributed by atoms with Crippen LogP contribution in [0, 0.1) is 0 Å². The number of benzene rings is 1. The first kappa shape index (κ1) is 18.3. The van der Waals surface area contributed by atoms with Crippen molar-refractivity contribution in [3.8, 4) is 0 Å². The third kappa shape index (κ3) is 4.24. The molecule has 1 aliphatic rings. The first-order chi connectivity index (χ1) is 13.7. The topological polar surface area (TPSA) is 101 Å². The molecule has 0 aliphatic carbocycles. The van der Waals surface area contributed by atoms with Gasteiger partial charge in [-0.05, 0) is 37.0 Å². The van der Waals surface area contributed by atoms with E-state index in [9.17, 15) is 4.79 Å². The second kappa shape index (κ2) is 8.29. The number of H-pyrrole nitrogens is 1. The van der Waals surface area contributed by atoms with Crippen molar-refractivity contribution < 1.29 is 9.21 Å². The van der Waals surface area contributed by atoms with Gasteiger partial charge in [0.05, 0.1) is 6.26 Å². The minimum Gasteiger partial charge on any atom is -0.469 e. The molecule has 1 aromatic carbocycles. The monoisotopic (exact) mass is 379 g/mol. The number of piperidine rings is 1. The Balaban J connectivity index is 1.38. The zero-order chi connectivity index (χ0) is 19.3. The van der Waals surface area contributed by atoms with E-state index in [4.69, 9.17) is 10.2 Å². The summed E-state index contributed by atoms with van der Waals surface area (Å²) < 4.78 is 5.63. The number of rotatable bonds is 6. The van der Waals surface area contributed by atoms with E-state index >= 15 is 0 Å². The van der Waals surface area contributed by atoms with Gasteiger partial charge >= 0.3 is 0 Å². The van der Waals surface area contributed by atoms with Crippen molar-refractivity contribution in [2.24, 2.45) is 0 Å². The summed E-state index contributed by atoms with van der Waals surface area (Å²) in [5.41, 5.74) is 6.81. The highest BCUT2D eigenvalue weighted by Crippen LogP contribution is 2.29. The zero-order valence-electron chi connectivity index (χ0n) is 15.8. The number of hydrogen-bond donors (Lipinski definition) is 2. The summed E-state index contributed by atoms with van der Waals surface area (Å²) in [6.45, 7) is 1.45. The minimum atomic E-state index is 0.0386. The van der Waals surface area contributed by atoms with E-state index in [1.165, 1.54) is 5.56 Å². The Morgan fingerprint density at radius 3 is 2.64 bits per heavy atom. The van der Waals surface area contributed by atoms with Crippen LogP contribution in [-0.4, -0.2) is 39.1 Å². The van der Waals surface area contributed by atoms with Crippen LogP contribution in [0.5, 0.6) is 0 Å². The molecule has 0 radical (unpaired) electrons. The van der Waals surface area contributed by atoms with E-state index in [1.807, 2.05) is 35.2 Å². The Bertz CT molecular complexity index is 883. The Labute approximate surface area is 163 Å². The molecule has 0 spiro atoms. The van der Waals surface area contributed by atoms with Crippen molar-refractivity contribution in [3.05, 3.63) is 65.9 Å². The summed E-state index contributed by atoms with van der Waals surface area (Å²) >= 11 is 0. The summed E-state index contributed by atoms with van der Waals surface area (Å²) in [7, 11) is 0. The lowest BCUT2D eigenvalue weighted by molar-refractivity contribution is -0.132. The normalized spacial score (nSPS) is 16.2. The highest BCUT2D eigenvalue weighted by molar-refractivity contribution is 5.77. The van der Waals surface area contributed by atoms with Crippen LogP contribution >= 0.6 is 0 Å². The van der Waals surface area contributed by atoms with Crippen molar-refractivity contribution in [2.45, 2.75) is 37.5 Å². The molecule has 2 aromatic heterocycles. The molecule has 0 saturated carbocycles. The quantitative estimate of drug-likeness (QED) is 0.685. The largest absolute Gasteiger partial charge is 0.469 e. The molecule has 28 heavy (non-hydrogen) atoms. The predicted octanol–water partition coefficient (Wildman–Crippen LogP) is 3.10. The summed E-state index contributed by atoms with van der Waals surface area (Å²) in [6.07, 6.45) is 4.64. The van der Waals surface area contributed by atoms with Gasteiger partial charge in [-0.25, -0.2) is 0 Å². The highest BCUT2D eigenvalue weighted by atomic mass is 16.3. The Hall–Kier alpha value is -3.09. The van der Waals surface area contributed by atoms with Gasteiger partial charge in [-0.15, -0.1) is 5.10 Å². The fraction of sp³-hybridized carbons (Fsp3) is 0.381. The third-order valence-electron chi connectivity index (χ3n) is 5.45. The molecule has 3 N–H and O–H groups in total. The van der Waals surface area contributed by atoms with Crippen LogP contribution in [0.2, 0.25) is 0 Å². The number of nitrogens with two attached hydrogens (primary N) is 1. The van der Waals surface area contributed by atoms with E-state index in [1.54, 1.807) is 6.26 Å². The molecule has 4 rings (SSSR count). The maximum Gasteiger partial charge on any atom is 0.239 e. The smallest absolute Gasteiger partial charge is 0.239 e. The fourth-order valence-corrected chi connectivity index (χ4v) is 3.91. The highest BCUT2D eigenvalue weighted by Gasteiger charge is 2.28. The van der Waals surface area contributed by atoms with Crippen LogP contribution in [0.4, 0.5) is 5.95 Å². The summed E-state index contributed by atoms with van der Waals surface area (Å²) in [5.74, 6) is 2.45. The maximum absolute atomic E-state index is 13.0. The molecule has 7 nitrogen and oxygen atoms in total. The van der Waals surface area contributed by atoms with Crippen LogP contribution in [0.1, 0.15) is 48.2 Å². The number of anilines is 1. The van der Waals surface area contributed by atoms with Gasteiger partial charge in [0.25, 0.3) is 0 Å². The molecule has 1 aliphatic heterocycles. The van der Waals surface area contributed by atoms with Gasteiger partial charge < -0.3 is 15.1 Å². The molecule has 1 saturated heterocycles. The van der Waals surface area contributed by atoms with Gasteiger partial charge in [-0.3, -0.25) is 9.89 Å². The summed E-state index contributed by atoms with van der Waals surface area (Å²) in [6, 6.07) is 14.1. The van der Waals surface area contributed by atoms with Gasteiger partial charge in [-0.1, -0.05) is 30.3 Å². The lowest BCUT2D eigenvalue weighted by atomic mass is 9.92. The Morgan fingerprint density at radius 2 is 2.00 bits per heavy atom. The molecule has 0 unspecified atom stereocenters. The van der Waals surface area contributed by atoms with Crippen LogP contribution in [-0.2, 0) is 11.2 Å². The Morgan fingerprint density at radius 1 is 1.21 bits per heavy atom. The number of likely N-dealkylation sites (tertiary alicyclic amines) is 1. The summed E-state index contributed by atoms with van der Waals surface area (Å²) in [4.78, 5) is 19.2. The number of furan rings is 1. The van der Waals surface area contributed by atoms with Crippen molar-refractivity contribution >= 4 is 11.9 Å². The minimum absolute atomic E-state index is 0.0386. The van der Waals surface area contributed by atoms with Crippen LogP contribution in [0.15, 0.2) is 53.1 Å². The molecule has 1 amide bonds. The predicted molar refractivity (Wildman–Crippen MR) is 106 cm³/mol. The average molecular weight is 379 g/mol. The fourth-order valence-electron chi connectivity index (χ4n) is 3.91. The van der Waals surface area contributed by atoms with Gasteiger partial charge in [-0.2, -0.15) is 4.98 Å². The van der Waals surface area contributed by atoms with Crippen LogP contribution in [0.25, 0.3) is 0 Å². The average Bonchev–Trinajstić information content (AvgIpc) is 3.40. The number of nitrogen functional groups attached to an aromatic ring is 1. The van der Waals surface area contributed by atoms with Crippen LogP contribution in [0.3, 0.4) is 0 Å². The molecule has 3 heterocycles. The Kier molecular flexibility index (Phi) is 5.41. The standard InChI is InChI=1S/C21H25N5O2/c22-21-23-20(24-25-21)16-8-10-26(11-9-16)19(27)14-17(18-7-4-12-28-18)13-15-5-2-1-3-6-15/h1-7,12,16-17H,8-11,13-14H2,(H3,22,23,24,25)/t17-/m0/s1. The van der Waals surface area contributed by atoms with E-state index in [0.717, 1.165) is 43.9 Å². The zero-order valence-corrected chi connectivity index (χ0v) is 15.8. The molecule has 7 heteroatoms. The van der Waals surface area contributed by atoms with Crippen LogP contribution < -0.4 is 5.73 Å². The molecule has 3 aromatic rings. The first-order valence-corrected chi connectivity index (χ1v) is 9.72. The molecule has 1 atom stereocenters. The van der Waals surface area contributed by atoms with Gasteiger partial charge in [0.1, 0.15) is 11.6 Å². The summed E-state index contributed by atoms with van der Waals surface area (Å²) in [5, 5.41) is 6.80. The SMILES string of the molecule is Nc1n[nH]c(C2CCN(C(=O)C[C@H](Cc3ccccc3)c3ccco3)CC2)n1. The van der Waals surface area contributed by atoms with E-state index < -0.39 is 0 Å². The number of hydrogen-bond acceptors (Lipinski definition) is 5. The first-order valence-electron chi connectivity index (χ1n) is 9.72. The molecular weight excluding hydrogens is 354 g/mol. The van der Waals surface area contributed by atoms with Crippen molar-refractivity contribution in [1.82, 2.24) is 20.1 Å². The number of nitrogens with one attached hydrogen (secondary N) is 1. The number of carbonyl (C=O) groups is 1. The van der Waals surface area contributed by atoms with Crippen molar-refractivity contribution in [1.29, 1.82) is 0 Å². The lowest BCUT2D eigenvalue weighted by Gasteiger charge is -2.32. The number of aromatic amines is 1. The second-order valence-corrected chi connectivity index (χ2v) is 7.34. The molecule has 0 bridgehead atoms. The van der Waals surface area contributed by atoms with E-state index in [-0.39, 0.29) is 23.7 Å².